The Morgan fingerprint density at radius 3 is 2.81 bits per heavy atom. The van der Waals surface area contributed by atoms with Crippen LogP contribution in [-0.2, 0) is 11.3 Å². The molecule has 0 amide bonds. The summed E-state index contributed by atoms with van der Waals surface area (Å²) in [5.41, 5.74) is 1.05. The molecule has 0 saturated carbocycles. The van der Waals surface area contributed by atoms with Crippen LogP contribution in [-0.4, -0.2) is 34.1 Å². The van der Waals surface area contributed by atoms with E-state index in [1.807, 2.05) is 18.4 Å². The first-order chi connectivity index (χ1) is 7.74. The number of aliphatic carboxylic acids is 1. The first-order valence-electron chi connectivity index (χ1n) is 5.08. The highest BCUT2D eigenvalue weighted by Crippen LogP contribution is 2.03. The van der Waals surface area contributed by atoms with Gasteiger partial charge in [0.25, 0.3) is 0 Å². The molecule has 0 radical (unpaired) electrons. The molecule has 0 aromatic carbocycles. The Kier molecular flexibility index (Phi) is 5.88. The lowest BCUT2D eigenvalue weighted by Gasteiger charge is -2.13. The lowest BCUT2D eigenvalue weighted by molar-refractivity contribution is -0.139. The Balaban J connectivity index is 2.41. The molecule has 1 heterocycles. The van der Waals surface area contributed by atoms with Gasteiger partial charge in [-0.1, -0.05) is 0 Å². The number of nitrogens with one attached hydrogen (secondary N) is 1. The van der Waals surface area contributed by atoms with Crippen molar-refractivity contribution in [1.82, 2.24) is 10.3 Å². The van der Waals surface area contributed by atoms with E-state index in [1.54, 1.807) is 24.2 Å². The van der Waals surface area contributed by atoms with Gasteiger partial charge in [-0.25, -0.2) is 0 Å². The highest BCUT2D eigenvalue weighted by molar-refractivity contribution is 7.98. The van der Waals surface area contributed by atoms with Crippen molar-refractivity contribution in [2.24, 2.45) is 0 Å². The van der Waals surface area contributed by atoms with Gasteiger partial charge in [-0.05, 0) is 36.1 Å². The number of carbonyl (C=O) groups is 1. The van der Waals surface area contributed by atoms with Gasteiger partial charge < -0.3 is 10.4 Å². The maximum Gasteiger partial charge on any atom is 0.320 e. The van der Waals surface area contributed by atoms with Crippen molar-refractivity contribution in [3.05, 3.63) is 30.1 Å². The number of carboxylic acid groups (broad SMARTS) is 1. The van der Waals surface area contributed by atoms with Crippen molar-refractivity contribution >= 4 is 17.7 Å². The second-order valence-corrected chi connectivity index (χ2v) is 4.39. The Morgan fingerprint density at radius 1 is 1.56 bits per heavy atom. The Labute approximate surface area is 99.5 Å². The fourth-order valence-corrected chi connectivity index (χ4v) is 1.76. The number of hydrogen-bond acceptors (Lipinski definition) is 4. The topological polar surface area (TPSA) is 62.2 Å². The van der Waals surface area contributed by atoms with Crippen LogP contribution in [0.25, 0.3) is 0 Å². The zero-order valence-electron chi connectivity index (χ0n) is 9.22. The molecule has 16 heavy (non-hydrogen) atoms. The van der Waals surface area contributed by atoms with E-state index in [1.165, 1.54) is 0 Å². The molecule has 0 saturated heterocycles. The molecule has 0 aliphatic carbocycles. The van der Waals surface area contributed by atoms with E-state index in [0.29, 0.717) is 13.0 Å². The number of aromatic nitrogens is 1. The fourth-order valence-electron chi connectivity index (χ4n) is 1.29. The SMILES string of the molecule is CSCCC(NCc1ccncc1)C(=O)O. The van der Waals surface area contributed by atoms with Crippen LogP contribution >= 0.6 is 11.8 Å². The molecular weight excluding hydrogens is 224 g/mol. The van der Waals surface area contributed by atoms with Crippen molar-refractivity contribution < 1.29 is 9.90 Å². The molecule has 1 aromatic heterocycles. The largest absolute Gasteiger partial charge is 0.480 e. The maximum absolute atomic E-state index is 10.9. The summed E-state index contributed by atoms with van der Waals surface area (Å²) < 4.78 is 0. The van der Waals surface area contributed by atoms with Gasteiger partial charge in [0.15, 0.2) is 0 Å². The second kappa shape index (κ2) is 7.24. The predicted octanol–water partition coefficient (Wildman–Crippen LogP) is 1.38. The van der Waals surface area contributed by atoms with Gasteiger partial charge in [0.05, 0.1) is 0 Å². The van der Waals surface area contributed by atoms with Crippen LogP contribution in [0.3, 0.4) is 0 Å². The summed E-state index contributed by atoms with van der Waals surface area (Å²) in [5, 5.41) is 12.0. The lowest BCUT2D eigenvalue weighted by Crippen LogP contribution is -2.36. The molecule has 0 aliphatic rings. The molecule has 5 heteroatoms. The fraction of sp³-hybridized carbons (Fsp3) is 0.455. The van der Waals surface area contributed by atoms with E-state index in [2.05, 4.69) is 10.3 Å². The van der Waals surface area contributed by atoms with Crippen LogP contribution in [0.15, 0.2) is 24.5 Å². The molecule has 0 fully saturated rings. The first-order valence-corrected chi connectivity index (χ1v) is 6.47. The number of thioether (sulfide) groups is 1. The molecule has 2 N–H and O–H groups in total. The molecule has 1 rings (SSSR count). The molecule has 1 unspecified atom stereocenters. The van der Waals surface area contributed by atoms with E-state index in [0.717, 1.165) is 11.3 Å². The predicted molar refractivity (Wildman–Crippen MR) is 65.5 cm³/mol. The van der Waals surface area contributed by atoms with Gasteiger partial charge in [-0.2, -0.15) is 11.8 Å². The van der Waals surface area contributed by atoms with Gasteiger partial charge in [-0.3, -0.25) is 9.78 Å². The minimum absolute atomic E-state index is 0.472. The molecule has 1 atom stereocenters. The Morgan fingerprint density at radius 2 is 2.25 bits per heavy atom. The normalized spacial score (nSPS) is 12.3. The lowest BCUT2D eigenvalue weighted by atomic mass is 10.2. The van der Waals surface area contributed by atoms with Crippen molar-refractivity contribution in [2.75, 3.05) is 12.0 Å². The highest BCUT2D eigenvalue weighted by Gasteiger charge is 2.15. The number of nitrogens with zero attached hydrogens (tertiary/aromatic N) is 1. The summed E-state index contributed by atoms with van der Waals surface area (Å²) in [6.07, 6.45) is 6.02. The van der Waals surface area contributed by atoms with Crippen LogP contribution in [0.1, 0.15) is 12.0 Å². The molecule has 4 nitrogen and oxygen atoms in total. The van der Waals surface area contributed by atoms with Crippen molar-refractivity contribution in [3.63, 3.8) is 0 Å². The van der Waals surface area contributed by atoms with E-state index >= 15 is 0 Å². The third-order valence-electron chi connectivity index (χ3n) is 2.21. The summed E-state index contributed by atoms with van der Waals surface area (Å²) in [7, 11) is 0. The van der Waals surface area contributed by atoms with Crippen LogP contribution in [0, 0.1) is 0 Å². The maximum atomic E-state index is 10.9. The summed E-state index contributed by atoms with van der Waals surface area (Å²) >= 11 is 1.66. The second-order valence-electron chi connectivity index (χ2n) is 3.41. The highest BCUT2D eigenvalue weighted by atomic mass is 32.2. The summed E-state index contributed by atoms with van der Waals surface area (Å²) in [4.78, 5) is 14.9. The first kappa shape index (κ1) is 13.0. The van der Waals surface area contributed by atoms with Crippen molar-refractivity contribution in [1.29, 1.82) is 0 Å². The Bertz CT molecular complexity index is 319. The number of pyridine rings is 1. The summed E-state index contributed by atoms with van der Waals surface area (Å²) in [5.74, 6) is 0.0587. The smallest absolute Gasteiger partial charge is 0.320 e. The monoisotopic (exact) mass is 240 g/mol. The van der Waals surface area contributed by atoms with Gasteiger partial charge in [0.2, 0.25) is 0 Å². The average Bonchev–Trinajstić information content (AvgIpc) is 2.30. The molecule has 0 aliphatic heterocycles. The third-order valence-corrected chi connectivity index (χ3v) is 2.85. The Hall–Kier alpha value is -1.07. The van der Waals surface area contributed by atoms with Crippen LogP contribution < -0.4 is 5.32 Å². The van der Waals surface area contributed by atoms with E-state index in [9.17, 15) is 4.79 Å². The van der Waals surface area contributed by atoms with E-state index in [4.69, 9.17) is 5.11 Å². The van der Waals surface area contributed by atoms with E-state index < -0.39 is 12.0 Å². The molecule has 0 bridgehead atoms. The van der Waals surface area contributed by atoms with Crippen molar-refractivity contribution in [3.8, 4) is 0 Å². The van der Waals surface area contributed by atoms with Crippen LogP contribution in [0.2, 0.25) is 0 Å². The van der Waals surface area contributed by atoms with Gasteiger partial charge in [0.1, 0.15) is 6.04 Å². The number of hydrogen-bond donors (Lipinski definition) is 2. The quantitative estimate of drug-likeness (QED) is 0.754. The number of rotatable bonds is 7. The van der Waals surface area contributed by atoms with Crippen LogP contribution in [0.4, 0.5) is 0 Å². The zero-order chi connectivity index (χ0) is 11.8. The van der Waals surface area contributed by atoms with Gasteiger partial charge >= 0.3 is 5.97 Å². The minimum Gasteiger partial charge on any atom is -0.480 e. The van der Waals surface area contributed by atoms with Gasteiger partial charge in [0, 0.05) is 18.9 Å². The standard InChI is InChI=1S/C11H16N2O2S/c1-16-7-4-10(11(14)15)13-8-9-2-5-12-6-3-9/h2-3,5-6,10,13H,4,7-8H2,1H3,(H,14,15). The number of carboxylic acids is 1. The molecular formula is C11H16N2O2S. The van der Waals surface area contributed by atoms with Crippen molar-refractivity contribution in [2.45, 2.75) is 19.0 Å². The zero-order valence-corrected chi connectivity index (χ0v) is 10.0. The molecule has 1 aromatic rings. The third kappa shape index (κ3) is 4.63. The average molecular weight is 240 g/mol. The summed E-state index contributed by atoms with van der Waals surface area (Å²) in [6.45, 7) is 0.563. The van der Waals surface area contributed by atoms with Crippen LogP contribution in [0.5, 0.6) is 0 Å². The van der Waals surface area contributed by atoms with Gasteiger partial charge in [-0.15, -0.1) is 0 Å². The minimum atomic E-state index is -0.789. The summed E-state index contributed by atoms with van der Waals surface area (Å²) in [6, 6.07) is 3.28. The molecule has 0 spiro atoms. The van der Waals surface area contributed by atoms with E-state index in [-0.39, 0.29) is 0 Å². The molecule has 88 valence electrons.